The van der Waals surface area contributed by atoms with Gasteiger partial charge in [0.05, 0.1) is 22.5 Å². The Morgan fingerprint density at radius 1 is 1.30 bits per heavy atom. The van der Waals surface area contributed by atoms with E-state index < -0.39 is 11.9 Å². The van der Waals surface area contributed by atoms with Crippen LogP contribution in [-0.2, 0) is 16.0 Å². The van der Waals surface area contributed by atoms with E-state index in [4.69, 9.17) is 5.11 Å². The van der Waals surface area contributed by atoms with Gasteiger partial charge < -0.3 is 10.4 Å². The summed E-state index contributed by atoms with van der Waals surface area (Å²) in [4.78, 5) is 28.4. The van der Waals surface area contributed by atoms with Crippen LogP contribution in [0, 0.1) is 18.8 Å². The number of benzene rings is 1. The molecule has 1 fully saturated rings. The van der Waals surface area contributed by atoms with Gasteiger partial charge in [-0.1, -0.05) is 30.3 Å². The molecule has 2 unspecified atom stereocenters. The van der Waals surface area contributed by atoms with Gasteiger partial charge in [-0.2, -0.15) is 0 Å². The van der Waals surface area contributed by atoms with Crippen LogP contribution in [0.2, 0.25) is 0 Å². The standard InChI is InChI=1S/C17H18N2O3S/c1-10-15(11-5-3-2-4-6-11)19-14(23-10)7-8-18-16(20)12-9-13(12)17(21)22/h2-6,12-13H,7-9H2,1H3,(H,18,20)(H,21,22). The lowest BCUT2D eigenvalue weighted by Crippen LogP contribution is -2.28. The third kappa shape index (κ3) is 3.59. The van der Waals surface area contributed by atoms with Crippen molar-refractivity contribution in [2.75, 3.05) is 6.54 Å². The summed E-state index contributed by atoms with van der Waals surface area (Å²) in [6.45, 7) is 2.53. The summed E-state index contributed by atoms with van der Waals surface area (Å²) in [6.07, 6.45) is 1.12. The van der Waals surface area contributed by atoms with Gasteiger partial charge in [-0.25, -0.2) is 4.98 Å². The molecule has 1 heterocycles. The number of nitrogens with zero attached hydrogens (tertiary/aromatic N) is 1. The first kappa shape index (κ1) is 15.7. The maximum absolute atomic E-state index is 11.8. The molecule has 2 aromatic rings. The number of amides is 1. The van der Waals surface area contributed by atoms with E-state index >= 15 is 0 Å². The third-order valence-electron chi connectivity index (χ3n) is 3.97. The second-order valence-corrected chi connectivity index (χ2v) is 6.99. The van der Waals surface area contributed by atoms with Gasteiger partial charge in [0.15, 0.2) is 0 Å². The zero-order valence-corrected chi connectivity index (χ0v) is 13.6. The van der Waals surface area contributed by atoms with E-state index in [0.717, 1.165) is 21.1 Å². The molecule has 2 atom stereocenters. The van der Waals surface area contributed by atoms with Crippen molar-refractivity contribution < 1.29 is 14.7 Å². The maximum atomic E-state index is 11.8. The fraction of sp³-hybridized carbons (Fsp3) is 0.353. The third-order valence-corrected chi connectivity index (χ3v) is 5.00. The first-order valence-electron chi connectivity index (χ1n) is 7.58. The number of carboxylic acid groups (broad SMARTS) is 1. The number of thiazole rings is 1. The highest BCUT2D eigenvalue weighted by molar-refractivity contribution is 7.12. The summed E-state index contributed by atoms with van der Waals surface area (Å²) >= 11 is 1.63. The number of aliphatic carboxylic acids is 1. The second kappa shape index (κ2) is 6.50. The fourth-order valence-corrected chi connectivity index (χ4v) is 3.56. The predicted molar refractivity (Wildman–Crippen MR) is 88.2 cm³/mol. The summed E-state index contributed by atoms with van der Waals surface area (Å²) in [5.74, 6) is -1.89. The zero-order valence-electron chi connectivity index (χ0n) is 12.8. The van der Waals surface area contributed by atoms with Gasteiger partial charge >= 0.3 is 5.97 Å². The van der Waals surface area contributed by atoms with Crippen molar-refractivity contribution >= 4 is 23.2 Å². The van der Waals surface area contributed by atoms with E-state index in [0.29, 0.717) is 19.4 Å². The predicted octanol–water partition coefficient (Wildman–Crippen LogP) is 2.50. The second-order valence-electron chi connectivity index (χ2n) is 5.71. The Labute approximate surface area is 138 Å². The average Bonchev–Trinajstić information content (AvgIpc) is 3.26. The van der Waals surface area contributed by atoms with Crippen molar-refractivity contribution in [2.24, 2.45) is 11.8 Å². The van der Waals surface area contributed by atoms with Gasteiger partial charge in [0.25, 0.3) is 0 Å². The minimum Gasteiger partial charge on any atom is -0.481 e. The van der Waals surface area contributed by atoms with Gasteiger partial charge in [0.1, 0.15) is 0 Å². The van der Waals surface area contributed by atoms with Crippen LogP contribution in [0.1, 0.15) is 16.3 Å². The summed E-state index contributed by atoms with van der Waals surface area (Å²) in [6, 6.07) is 10.0. The highest BCUT2D eigenvalue weighted by Gasteiger charge is 2.48. The smallest absolute Gasteiger partial charge is 0.307 e. The van der Waals surface area contributed by atoms with Gasteiger partial charge in [0, 0.05) is 23.4 Å². The van der Waals surface area contributed by atoms with Crippen LogP contribution in [0.25, 0.3) is 11.3 Å². The van der Waals surface area contributed by atoms with Crippen LogP contribution in [0.15, 0.2) is 30.3 Å². The van der Waals surface area contributed by atoms with E-state index in [2.05, 4.69) is 10.3 Å². The fourth-order valence-electron chi connectivity index (χ4n) is 2.60. The van der Waals surface area contributed by atoms with E-state index in [-0.39, 0.29) is 11.8 Å². The molecule has 23 heavy (non-hydrogen) atoms. The number of aromatic nitrogens is 1. The lowest BCUT2D eigenvalue weighted by molar-refractivity contribution is -0.140. The van der Waals surface area contributed by atoms with Crippen LogP contribution in [-0.4, -0.2) is 28.5 Å². The quantitative estimate of drug-likeness (QED) is 0.853. The lowest BCUT2D eigenvalue weighted by Gasteiger charge is -2.02. The lowest BCUT2D eigenvalue weighted by atomic mass is 10.1. The van der Waals surface area contributed by atoms with Gasteiger partial charge in [-0.05, 0) is 13.3 Å². The molecule has 5 nitrogen and oxygen atoms in total. The molecule has 2 N–H and O–H groups in total. The number of aryl methyl sites for hydroxylation is 1. The van der Waals surface area contributed by atoms with Gasteiger partial charge in [-0.3, -0.25) is 9.59 Å². The molecule has 1 aromatic heterocycles. The van der Waals surface area contributed by atoms with Crippen LogP contribution in [0.4, 0.5) is 0 Å². The summed E-state index contributed by atoms with van der Waals surface area (Å²) in [7, 11) is 0. The Hall–Kier alpha value is -2.21. The van der Waals surface area contributed by atoms with Crippen LogP contribution >= 0.6 is 11.3 Å². The van der Waals surface area contributed by atoms with E-state index in [1.807, 2.05) is 37.3 Å². The minimum absolute atomic E-state index is 0.158. The molecule has 6 heteroatoms. The molecule has 0 saturated heterocycles. The molecule has 120 valence electrons. The first-order valence-corrected chi connectivity index (χ1v) is 8.40. The van der Waals surface area contributed by atoms with Crippen molar-refractivity contribution in [3.8, 4) is 11.3 Å². The molecule has 3 rings (SSSR count). The van der Waals surface area contributed by atoms with Crippen molar-refractivity contribution in [2.45, 2.75) is 19.8 Å². The number of carboxylic acids is 1. The number of hydrogen-bond acceptors (Lipinski definition) is 4. The van der Waals surface area contributed by atoms with Crippen molar-refractivity contribution in [3.63, 3.8) is 0 Å². The Balaban J connectivity index is 1.54. The van der Waals surface area contributed by atoms with Crippen LogP contribution in [0.3, 0.4) is 0 Å². The van der Waals surface area contributed by atoms with Crippen molar-refractivity contribution in [1.29, 1.82) is 0 Å². The molecule has 0 bridgehead atoms. The Morgan fingerprint density at radius 3 is 2.70 bits per heavy atom. The van der Waals surface area contributed by atoms with Crippen LogP contribution in [0.5, 0.6) is 0 Å². The molecule has 1 saturated carbocycles. The number of carbonyl (C=O) groups excluding carboxylic acids is 1. The molecule has 1 amide bonds. The molecule has 1 aliphatic carbocycles. The molecule has 1 aliphatic rings. The van der Waals surface area contributed by atoms with Crippen molar-refractivity contribution in [3.05, 3.63) is 40.2 Å². The first-order chi connectivity index (χ1) is 11.1. The van der Waals surface area contributed by atoms with E-state index in [1.54, 1.807) is 11.3 Å². The summed E-state index contributed by atoms with van der Waals surface area (Å²) in [5.41, 5.74) is 2.09. The number of carbonyl (C=O) groups is 2. The normalized spacial score (nSPS) is 19.3. The van der Waals surface area contributed by atoms with E-state index in [9.17, 15) is 9.59 Å². The molecular formula is C17H18N2O3S. The van der Waals surface area contributed by atoms with E-state index in [1.165, 1.54) is 0 Å². The van der Waals surface area contributed by atoms with Crippen LogP contribution < -0.4 is 5.32 Å². The number of rotatable bonds is 6. The highest BCUT2D eigenvalue weighted by atomic mass is 32.1. The summed E-state index contributed by atoms with van der Waals surface area (Å²) in [5, 5.41) is 12.6. The Kier molecular flexibility index (Phi) is 4.43. The molecule has 0 spiro atoms. The molecule has 0 radical (unpaired) electrons. The minimum atomic E-state index is -0.881. The topological polar surface area (TPSA) is 79.3 Å². The number of nitrogens with one attached hydrogen (secondary N) is 1. The van der Waals surface area contributed by atoms with Crippen molar-refractivity contribution in [1.82, 2.24) is 10.3 Å². The van der Waals surface area contributed by atoms with Gasteiger partial charge in [-0.15, -0.1) is 11.3 Å². The molecular weight excluding hydrogens is 312 g/mol. The highest BCUT2D eigenvalue weighted by Crippen LogP contribution is 2.38. The molecule has 0 aliphatic heterocycles. The number of hydrogen-bond donors (Lipinski definition) is 2. The SMILES string of the molecule is Cc1sc(CCNC(=O)C2CC2C(=O)O)nc1-c1ccccc1. The molecule has 1 aromatic carbocycles. The Bertz CT molecular complexity index is 727. The zero-order chi connectivity index (χ0) is 16.4. The maximum Gasteiger partial charge on any atom is 0.307 e. The average molecular weight is 330 g/mol. The van der Waals surface area contributed by atoms with Gasteiger partial charge in [0.2, 0.25) is 5.91 Å². The Morgan fingerprint density at radius 2 is 2.04 bits per heavy atom. The largest absolute Gasteiger partial charge is 0.481 e. The summed E-state index contributed by atoms with van der Waals surface area (Å²) < 4.78 is 0. The monoisotopic (exact) mass is 330 g/mol.